The van der Waals surface area contributed by atoms with E-state index in [-0.39, 0.29) is 21.6 Å². The van der Waals surface area contributed by atoms with Crippen LogP contribution >= 0.6 is 12.2 Å². The van der Waals surface area contributed by atoms with E-state index in [9.17, 15) is 30.0 Å². The first-order valence-electron chi connectivity index (χ1n) is 9.06. The Bertz CT molecular complexity index is 923. The third-order valence-corrected chi connectivity index (χ3v) is 5.84. The van der Waals surface area contributed by atoms with E-state index in [0.29, 0.717) is 11.3 Å². The number of carbonyl (C=O) groups excluding carboxylic acids is 2. The maximum Gasteiger partial charge on any atom is 0.262 e. The fourth-order valence-corrected chi connectivity index (χ4v) is 4.34. The molecule has 0 radical (unpaired) electrons. The Morgan fingerprint density at radius 2 is 1.76 bits per heavy atom. The number of fused-ring (bicyclic) bond motifs is 1. The lowest BCUT2D eigenvalue weighted by molar-refractivity contribution is -0.307. The van der Waals surface area contributed by atoms with Crippen molar-refractivity contribution in [2.24, 2.45) is 0 Å². The lowest BCUT2D eigenvalue weighted by atomic mass is 9.82. The Morgan fingerprint density at radius 3 is 2.31 bits per heavy atom. The minimum absolute atomic E-state index is 0.0842. The molecule has 1 fully saturated rings. The van der Waals surface area contributed by atoms with Crippen LogP contribution in [-0.2, 0) is 4.74 Å². The van der Waals surface area contributed by atoms with Gasteiger partial charge in [0.05, 0.1) is 17.7 Å². The van der Waals surface area contributed by atoms with Gasteiger partial charge in [0.25, 0.3) is 11.8 Å². The number of thiocarbonyl (C=S) groups is 1. The smallest absolute Gasteiger partial charge is 0.262 e. The van der Waals surface area contributed by atoms with Gasteiger partial charge in [-0.2, -0.15) is 0 Å². The molecule has 5 atom stereocenters. The molecule has 3 aliphatic rings. The van der Waals surface area contributed by atoms with Gasteiger partial charge in [0.15, 0.2) is 0 Å². The van der Waals surface area contributed by atoms with Gasteiger partial charge in [0, 0.05) is 16.9 Å². The zero-order valence-electron chi connectivity index (χ0n) is 15.1. The Labute approximate surface area is 171 Å². The monoisotopic (exact) mass is 417 g/mol. The Hall–Kier alpha value is -2.27. The molecule has 152 valence electrons. The average Bonchev–Trinajstić information content (AvgIpc) is 2.96. The standard InChI is InChI=1S/C20H19NO7S/c22-9-13-15(23)16(24)17(20(27,28-13)12-7-3-4-8-14(12)29)21-18(25)10-5-1-2-6-11(10)19(21)26/h1-7,13,15-17,22-24,27H,8-9H2/t13-,15-,16+,17-,20-/m1/s1. The Morgan fingerprint density at radius 1 is 1.14 bits per heavy atom. The van der Waals surface area contributed by atoms with Crippen LogP contribution in [0.4, 0.5) is 0 Å². The molecule has 2 aliphatic heterocycles. The van der Waals surface area contributed by atoms with Crippen LogP contribution in [-0.4, -0.2) is 78.8 Å². The Balaban J connectivity index is 1.86. The minimum atomic E-state index is -2.42. The van der Waals surface area contributed by atoms with Crippen molar-refractivity contribution in [3.05, 3.63) is 59.2 Å². The fraction of sp³-hybridized carbons (Fsp3) is 0.350. The molecule has 1 aromatic rings. The molecule has 1 aromatic carbocycles. The summed E-state index contributed by atoms with van der Waals surface area (Å²) in [6, 6.07) is 4.43. The minimum Gasteiger partial charge on any atom is -0.394 e. The van der Waals surface area contributed by atoms with Gasteiger partial charge in [-0.25, -0.2) is 0 Å². The van der Waals surface area contributed by atoms with E-state index in [1.165, 1.54) is 18.2 Å². The summed E-state index contributed by atoms with van der Waals surface area (Å²) in [5.74, 6) is -3.88. The summed E-state index contributed by atoms with van der Waals surface area (Å²) >= 11 is 5.32. The van der Waals surface area contributed by atoms with Crippen LogP contribution in [0.5, 0.6) is 0 Å². The summed E-state index contributed by atoms with van der Waals surface area (Å²) in [4.78, 5) is 27.0. The largest absolute Gasteiger partial charge is 0.394 e. The molecule has 4 rings (SSSR count). The molecule has 0 spiro atoms. The molecule has 2 amide bonds. The first-order chi connectivity index (χ1) is 13.8. The molecule has 1 aliphatic carbocycles. The van der Waals surface area contributed by atoms with Gasteiger partial charge in [0.1, 0.15) is 24.4 Å². The van der Waals surface area contributed by atoms with Crippen molar-refractivity contribution in [1.29, 1.82) is 0 Å². The molecule has 1 saturated heterocycles. The highest BCUT2D eigenvalue weighted by molar-refractivity contribution is 7.80. The maximum absolute atomic E-state index is 13.0. The number of amides is 2. The second kappa shape index (κ2) is 7.21. The number of nitrogens with zero attached hydrogens (tertiary/aromatic N) is 1. The average molecular weight is 417 g/mol. The second-order valence-corrected chi connectivity index (χ2v) is 7.62. The van der Waals surface area contributed by atoms with Crippen molar-refractivity contribution in [3.8, 4) is 0 Å². The molecule has 8 nitrogen and oxygen atoms in total. The molecule has 2 heterocycles. The van der Waals surface area contributed by atoms with E-state index in [4.69, 9.17) is 17.0 Å². The highest BCUT2D eigenvalue weighted by Gasteiger charge is 2.61. The summed E-state index contributed by atoms with van der Waals surface area (Å²) in [6.07, 6.45) is 0.364. The summed E-state index contributed by atoms with van der Waals surface area (Å²) in [6.45, 7) is -0.703. The molecule has 29 heavy (non-hydrogen) atoms. The van der Waals surface area contributed by atoms with E-state index < -0.39 is 48.6 Å². The molecule has 0 aromatic heterocycles. The number of benzene rings is 1. The highest BCUT2D eigenvalue weighted by Crippen LogP contribution is 2.41. The number of rotatable bonds is 3. The molecule has 0 bridgehead atoms. The molecular formula is C20H19NO7S. The molecule has 0 unspecified atom stereocenters. The van der Waals surface area contributed by atoms with E-state index >= 15 is 0 Å². The van der Waals surface area contributed by atoms with Gasteiger partial charge in [0.2, 0.25) is 5.79 Å². The normalized spacial score (nSPS) is 34.4. The number of imide groups is 1. The zero-order chi connectivity index (χ0) is 20.9. The van der Waals surface area contributed by atoms with E-state index in [0.717, 1.165) is 0 Å². The van der Waals surface area contributed by atoms with Crippen molar-refractivity contribution in [1.82, 2.24) is 4.90 Å². The predicted molar refractivity (Wildman–Crippen MR) is 104 cm³/mol. The molecule has 9 heteroatoms. The lowest BCUT2D eigenvalue weighted by Crippen LogP contribution is -2.72. The van der Waals surface area contributed by atoms with Gasteiger partial charge in [-0.15, -0.1) is 0 Å². The van der Waals surface area contributed by atoms with Crippen molar-refractivity contribution in [2.45, 2.75) is 36.6 Å². The van der Waals surface area contributed by atoms with Crippen LogP contribution < -0.4 is 0 Å². The number of ether oxygens (including phenoxy) is 1. The lowest BCUT2D eigenvalue weighted by Gasteiger charge is -2.51. The summed E-state index contributed by atoms with van der Waals surface area (Å²) in [5.41, 5.74) is 0.317. The van der Waals surface area contributed by atoms with Crippen LogP contribution in [0.25, 0.3) is 0 Å². The van der Waals surface area contributed by atoms with Gasteiger partial charge >= 0.3 is 0 Å². The van der Waals surface area contributed by atoms with Crippen LogP contribution in [0.15, 0.2) is 48.1 Å². The summed E-state index contributed by atoms with van der Waals surface area (Å²) in [5, 5.41) is 42.3. The van der Waals surface area contributed by atoms with Gasteiger partial charge in [-0.3, -0.25) is 14.5 Å². The van der Waals surface area contributed by atoms with Gasteiger partial charge < -0.3 is 25.2 Å². The third-order valence-electron chi connectivity index (χ3n) is 5.46. The SMILES string of the molecule is O=C1c2ccccc2C(=O)N1[C@@H]1[C@@H](O)[C@H](O)[C@@H](CO)O[C@]1(O)C1=CC=CCC1=S. The van der Waals surface area contributed by atoms with Crippen molar-refractivity contribution in [2.75, 3.05) is 6.61 Å². The number of hydrogen-bond donors (Lipinski definition) is 4. The van der Waals surface area contributed by atoms with Crippen LogP contribution in [0.1, 0.15) is 27.1 Å². The van der Waals surface area contributed by atoms with Crippen molar-refractivity contribution < 1.29 is 34.8 Å². The number of carbonyl (C=O) groups is 2. The topological polar surface area (TPSA) is 128 Å². The zero-order valence-corrected chi connectivity index (χ0v) is 16.0. The summed E-state index contributed by atoms with van der Waals surface area (Å²) in [7, 11) is 0. The summed E-state index contributed by atoms with van der Waals surface area (Å²) < 4.78 is 5.60. The van der Waals surface area contributed by atoms with E-state index in [1.54, 1.807) is 24.3 Å². The van der Waals surface area contributed by atoms with E-state index in [2.05, 4.69) is 0 Å². The molecule has 0 saturated carbocycles. The third kappa shape index (κ3) is 2.90. The first-order valence-corrected chi connectivity index (χ1v) is 9.46. The van der Waals surface area contributed by atoms with Crippen molar-refractivity contribution >= 4 is 28.9 Å². The Kier molecular flexibility index (Phi) is 4.97. The van der Waals surface area contributed by atoms with Crippen molar-refractivity contribution in [3.63, 3.8) is 0 Å². The quantitative estimate of drug-likeness (QED) is 0.390. The fourth-order valence-electron chi connectivity index (χ4n) is 4.03. The molecular weight excluding hydrogens is 398 g/mol. The van der Waals surface area contributed by atoms with Gasteiger partial charge in [-0.1, -0.05) is 42.6 Å². The number of allylic oxidation sites excluding steroid dienone is 3. The molecule has 4 N–H and O–H groups in total. The van der Waals surface area contributed by atoms with E-state index in [1.807, 2.05) is 0 Å². The van der Waals surface area contributed by atoms with Crippen LogP contribution in [0, 0.1) is 0 Å². The van der Waals surface area contributed by atoms with Crippen LogP contribution in [0.3, 0.4) is 0 Å². The second-order valence-electron chi connectivity index (χ2n) is 7.12. The van der Waals surface area contributed by atoms with Gasteiger partial charge in [-0.05, 0) is 12.1 Å². The number of aliphatic hydroxyl groups is 4. The highest BCUT2D eigenvalue weighted by atomic mass is 32.1. The maximum atomic E-state index is 13.0. The predicted octanol–water partition coefficient (Wildman–Crippen LogP) is -0.291. The number of aliphatic hydroxyl groups excluding tert-OH is 3. The first kappa shape index (κ1) is 20.0. The number of hydrogen-bond acceptors (Lipinski definition) is 8. The van der Waals surface area contributed by atoms with Crippen LogP contribution in [0.2, 0.25) is 0 Å².